The van der Waals surface area contributed by atoms with Crippen LogP contribution in [0.4, 0.5) is 0 Å². The molecule has 5 heteroatoms. The first-order valence-electron chi connectivity index (χ1n) is 7.77. The van der Waals surface area contributed by atoms with Crippen LogP contribution in [-0.4, -0.2) is 54.4 Å². The highest BCUT2D eigenvalue weighted by atomic mass is 16.5. The molecule has 1 unspecified atom stereocenters. The maximum Gasteiger partial charge on any atom is 0.130 e. The number of hydrogen-bond donors (Lipinski definition) is 2. The quantitative estimate of drug-likeness (QED) is 0.826. The zero-order chi connectivity index (χ0) is 16.0. The van der Waals surface area contributed by atoms with Gasteiger partial charge in [0.15, 0.2) is 0 Å². The average Bonchev–Trinajstić information content (AvgIpc) is 2.50. The lowest BCUT2D eigenvalue weighted by Crippen LogP contribution is -2.52. The summed E-state index contributed by atoms with van der Waals surface area (Å²) in [4.78, 5) is 2.25. The van der Waals surface area contributed by atoms with E-state index < -0.39 is 11.7 Å². The van der Waals surface area contributed by atoms with E-state index >= 15 is 0 Å². The molecule has 1 aromatic rings. The Hall–Kier alpha value is -1.61. The molecule has 0 spiro atoms. The van der Waals surface area contributed by atoms with Crippen LogP contribution in [0.25, 0.3) is 0 Å². The van der Waals surface area contributed by atoms with Gasteiger partial charge in [0, 0.05) is 32.7 Å². The van der Waals surface area contributed by atoms with Gasteiger partial charge in [0.1, 0.15) is 17.5 Å². The van der Waals surface area contributed by atoms with Gasteiger partial charge in [-0.2, -0.15) is 5.26 Å². The van der Waals surface area contributed by atoms with E-state index in [9.17, 15) is 5.11 Å². The first-order valence-corrected chi connectivity index (χ1v) is 7.77. The van der Waals surface area contributed by atoms with Crippen molar-refractivity contribution < 1.29 is 9.84 Å². The van der Waals surface area contributed by atoms with Gasteiger partial charge in [0.25, 0.3) is 0 Å². The largest absolute Gasteiger partial charge is 0.485 e. The number of aliphatic hydroxyl groups is 1. The maximum absolute atomic E-state index is 10.5. The standard InChI is InChI=1S/C17H25N3O2/c1-17(2,16(21)13-20-11-9-19-10-12-20)22-15-5-3-14(4-6-15)7-8-18/h3-6,16,19,21H,7,9-13H2,1-2H3. The van der Waals surface area contributed by atoms with E-state index in [-0.39, 0.29) is 0 Å². The second-order valence-corrected chi connectivity index (χ2v) is 6.25. The van der Waals surface area contributed by atoms with Crippen molar-refractivity contribution in [3.63, 3.8) is 0 Å². The number of hydrogen-bond acceptors (Lipinski definition) is 5. The number of rotatable bonds is 6. The van der Waals surface area contributed by atoms with Gasteiger partial charge in [0.2, 0.25) is 0 Å². The summed E-state index contributed by atoms with van der Waals surface area (Å²) in [5.41, 5.74) is 0.302. The fraction of sp³-hybridized carbons (Fsp3) is 0.588. The molecule has 1 heterocycles. The molecular weight excluding hydrogens is 278 g/mol. The molecule has 0 saturated carbocycles. The number of piperazine rings is 1. The fourth-order valence-corrected chi connectivity index (χ4v) is 2.50. The minimum absolute atomic E-state index is 0.398. The van der Waals surface area contributed by atoms with Crippen molar-refractivity contribution in [2.45, 2.75) is 32.0 Å². The third-order valence-corrected chi connectivity index (χ3v) is 4.03. The normalized spacial score (nSPS) is 17.7. The van der Waals surface area contributed by atoms with Crippen LogP contribution >= 0.6 is 0 Å². The summed E-state index contributed by atoms with van der Waals surface area (Å²) in [5, 5.41) is 22.5. The Kier molecular flexibility index (Phi) is 5.78. The topological polar surface area (TPSA) is 68.5 Å². The van der Waals surface area contributed by atoms with Crippen molar-refractivity contribution >= 4 is 0 Å². The van der Waals surface area contributed by atoms with E-state index in [1.807, 2.05) is 38.1 Å². The molecule has 22 heavy (non-hydrogen) atoms. The molecule has 1 aliphatic rings. The Balaban J connectivity index is 1.92. The predicted octanol–water partition coefficient (Wildman–Crippen LogP) is 1.18. The average molecular weight is 303 g/mol. The van der Waals surface area contributed by atoms with Crippen LogP contribution in [0, 0.1) is 11.3 Å². The molecule has 0 bridgehead atoms. The van der Waals surface area contributed by atoms with Gasteiger partial charge in [0.05, 0.1) is 12.5 Å². The van der Waals surface area contributed by atoms with E-state index in [1.54, 1.807) is 0 Å². The van der Waals surface area contributed by atoms with Gasteiger partial charge in [-0.15, -0.1) is 0 Å². The highest BCUT2D eigenvalue weighted by Gasteiger charge is 2.31. The molecule has 0 amide bonds. The molecule has 120 valence electrons. The molecule has 1 aromatic carbocycles. The van der Waals surface area contributed by atoms with Gasteiger partial charge in [-0.05, 0) is 31.5 Å². The zero-order valence-electron chi connectivity index (χ0n) is 13.4. The van der Waals surface area contributed by atoms with E-state index in [0.717, 1.165) is 31.7 Å². The summed E-state index contributed by atoms with van der Waals surface area (Å²) < 4.78 is 5.96. The van der Waals surface area contributed by atoms with Crippen molar-refractivity contribution in [3.05, 3.63) is 29.8 Å². The molecule has 0 aromatic heterocycles. The third-order valence-electron chi connectivity index (χ3n) is 4.03. The van der Waals surface area contributed by atoms with E-state index in [4.69, 9.17) is 10.00 Å². The summed E-state index contributed by atoms with van der Waals surface area (Å²) in [6.07, 6.45) is -0.167. The molecule has 1 atom stereocenters. The maximum atomic E-state index is 10.5. The van der Waals surface area contributed by atoms with Crippen LogP contribution in [0.3, 0.4) is 0 Å². The molecule has 2 rings (SSSR count). The Morgan fingerprint density at radius 3 is 2.55 bits per heavy atom. The van der Waals surface area contributed by atoms with E-state index in [0.29, 0.717) is 18.7 Å². The summed E-state index contributed by atoms with van der Waals surface area (Å²) in [6, 6.07) is 9.60. The highest BCUT2D eigenvalue weighted by molar-refractivity contribution is 5.29. The number of nitrogens with one attached hydrogen (secondary N) is 1. The van der Waals surface area contributed by atoms with Crippen molar-refractivity contribution in [1.82, 2.24) is 10.2 Å². The minimum Gasteiger partial charge on any atom is -0.485 e. The van der Waals surface area contributed by atoms with Crippen LogP contribution in [0.15, 0.2) is 24.3 Å². The monoisotopic (exact) mass is 303 g/mol. The number of ether oxygens (including phenoxy) is 1. The fourth-order valence-electron chi connectivity index (χ4n) is 2.50. The highest BCUT2D eigenvalue weighted by Crippen LogP contribution is 2.22. The summed E-state index contributed by atoms with van der Waals surface area (Å²) in [5.74, 6) is 0.714. The van der Waals surface area contributed by atoms with Gasteiger partial charge in [-0.1, -0.05) is 12.1 Å². The lowest BCUT2D eigenvalue weighted by atomic mass is 10.0. The Morgan fingerprint density at radius 2 is 1.95 bits per heavy atom. The summed E-state index contributed by atoms with van der Waals surface area (Å²) in [6.45, 7) is 8.27. The van der Waals surface area contributed by atoms with Crippen molar-refractivity contribution in [2.75, 3.05) is 32.7 Å². The first-order chi connectivity index (χ1) is 10.5. The van der Waals surface area contributed by atoms with Gasteiger partial charge < -0.3 is 15.2 Å². The third kappa shape index (κ3) is 4.70. The Labute approximate surface area is 132 Å². The lowest BCUT2D eigenvalue weighted by molar-refractivity contribution is -0.0456. The number of nitriles is 1. The predicted molar refractivity (Wildman–Crippen MR) is 85.8 cm³/mol. The summed E-state index contributed by atoms with van der Waals surface area (Å²) in [7, 11) is 0. The second-order valence-electron chi connectivity index (χ2n) is 6.25. The van der Waals surface area contributed by atoms with Gasteiger partial charge >= 0.3 is 0 Å². The molecule has 1 saturated heterocycles. The van der Waals surface area contributed by atoms with Crippen LogP contribution < -0.4 is 10.1 Å². The smallest absolute Gasteiger partial charge is 0.130 e. The second kappa shape index (κ2) is 7.59. The van der Waals surface area contributed by atoms with Crippen LogP contribution in [0.5, 0.6) is 5.75 Å². The zero-order valence-corrected chi connectivity index (χ0v) is 13.4. The molecule has 1 aliphatic heterocycles. The molecule has 0 aliphatic carbocycles. The number of benzene rings is 1. The van der Waals surface area contributed by atoms with Gasteiger partial charge in [-0.25, -0.2) is 0 Å². The molecule has 2 N–H and O–H groups in total. The van der Waals surface area contributed by atoms with Gasteiger partial charge in [-0.3, -0.25) is 4.90 Å². The van der Waals surface area contributed by atoms with Crippen molar-refractivity contribution in [2.24, 2.45) is 0 Å². The minimum atomic E-state index is -0.665. The van der Waals surface area contributed by atoms with Crippen LogP contribution in [0.1, 0.15) is 19.4 Å². The van der Waals surface area contributed by atoms with E-state index in [2.05, 4.69) is 16.3 Å². The van der Waals surface area contributed by atoms with Crippen molar-refractivity contribution in [3.8, 4) is 11.8 Å². The summed E-state index contributed by atoms with van der Waals surface area (Å²) >= 11 is 0. The molecule has 1 fully saturated rings. The Morgan fingerprint density at radius 1 is 1.32 bits per heavy atom. The Bertz CT molecular complexity index is 502. The first kappa shape index (κ1) is 16.8. The van der Waals surface area contributed by atoms with Crippen LogP contribution in [0.2, 0.25) is 0 Å². The number of aliphatic hydroxyl groups excluding tert-OH is 1. The SMILES string of the molecule is CC(C)(Oc1ccc(CC#N)cc1)C(O)CN1CCNCC1. The van der Waals surface area contributed by atoms with Crippen LogP contribution in [-0.2, 0) is 6.42 Å². The number of nitrogens with zero attached hydrogens (tertiary/aromatic N) is 2. The van der Waals surface area contributed by atoms with Crippen molar-refractivity contribution in [1.29, 1.82) is 5.26 Å². The molecule has 5 nitrogen and oxygen atoms in total. The molecule has 0 radical (unpaired) electrons. The number of β-amino-alcohol motifs (C(OH)–C–C–N with tert-alkyl or cyclic N) is 1. The lowest BCUT2D eigenvalue weighted by Gasteiger charge is -2.36. The molecular formula is C17H25N3O2. The van der Waals surface area contributed by atoms with E-state index in [1.165, 1.54) is 0 Å².